The molecule has 2 rings (SSSR count). The van der Waals surface area contributed by atoms with Crippen LogP contribution in [0.25, 0.3) is 0 Å². The summed E-state index contributed by atoms with van der Waals surface area (Å²) in [5.74, 6) is 1.03. The van der Waals surface area contributed by atoms with Gasteiger partial charge < -0.3 is 20.3 Å². The van der Waals surface area contributed by atoms with E-state index in [0.29, 0.717) is 25.2 Å². The summed E-state index contributed by atoms with van der Waals surface area (Å²) < 4.78 is 5.27. The average molecular weight is 500 g/mol. The first-order chi connectivity index (χ1) is 16.6. The highest BCUT2D eigenvalue weighted by atomic mass is 32.2. The molecule has 3 amide bonds. The minimum Gasteiger partial charge on any atom is -0.444 e. The first-order valence-corrected chi connectivity index (χ1v) is 12.4. The van der Waals surface area contributed by atoms with Gasteiger partial charge in [-0.2, -0.15) is 5.26 Å². The molecule has 9 nitrogen and oxygen atoms in total. The number of ether oxygens (including phenoxy) is 1. The van der Waals surface area contributed by atoms with Crippen molar-refractivity contribution in [3.8, 4) is 18.4 Å². The number of nitrogens with one attached hydrogen (secondary N) is 3. The van der Waals surface area contributed by atoms with Crippen molar-refractivity contribution in [3.05, 3.63) is 24.3 Å². The fraction of sp³-hybridized carbons (Fsp3) is 0.520. The molecule has 1 aliphatic rings. The molecule has 1 aromatic carbocycles. The normalized spacial score (nSPS) is 18.2. The third-order valence-electron chi connectivity index (χ3n) is 5.09. The minimum absolute atomic E-state index is 0.00497. The van der Waals surface area contributed by atoms with Gasteiger partial charge in [0, 0.05) is 30.9 Å². The number of carbonyl (C=O) groups excluding carboxylic acids is 3. The molecule has 0 bridgehead atoms. The number of rotatable bonds is 10. The van der Waals surface area contributed by atoms with Crippen molar-refractivity contribution in [1.29, 1.82) is 5.26 Å². The van der Waals surface area contributed by atoms with Gasteiger partial charge in [-0.05, 0) is 52.3 Å². The van der Waals surface area contributed by atoms with Gasteiger partial charge in [-0.25, -0.2) is 4.79 Å². The Morgan fingerprint density at radius 1 is 1.31 bits per heavy atom. The Kier molecular flexibility index (Phi) is 10.3. The molecule has 0 saturated carbocycles. The third-order valence-corrected chi connectivity index (χ3v) is 6.61. The van der Waals surface area contributed by atoms with Crippen molar-refractivity contribution in [3.63, 3.8) is 0 Å². The second-order valence-electron chi connectivity index (χ2n) is 8.97. The molecule has 1 heterocycles. The van der Waals surface area contributed by atoms with Gasteiger partial charge in [-0.1, -0.05) is 12.0 Å². The molecule has 1 fully saturated rings. The number of benzene rings is 1. The van der Waals surface area contributed by atoms with Crippen LogP contribution in [0.15, 0.2) is 24.3 Å². The van der Waals surface area contributed by atoms with Crippen LogP contribution >= 0.6 is 11.8 Å². The highest BCUT2D eigenvalue weighted by molar-refractivity contribution is 8.01. The lowest BCUT2D eigenvalue weighted by atomic mass is 10.1. The molecule has 0 aromatic heterocycles. The van der Waals surface area contributed by atoms with Gasteiger partial charge >= 0.3 is 6.09 Å². The maximum Gasteiger partial charge on any atom is 0.412 e. The number of anilines is 2. The zero-order chi connectivity index (χ0) is 26.0. The summed E-state index contributed by atoms with van der Waals surface area (Å²) >= 11 is 1.48. The van der Waals surface area contributed by atoms with E-state index < -0.39 is 23.5 Å². The van der Waals surface area contributed by atoms with Crippen molar-refractivity contribution in [2.24, 2.45) is 5.92 Å². The van der Waals surface area contributed by atoms with Crippen molar-refractivity contribution in [2.45, 2.75) is 56.8 Å². The molecule has 35 heavy (non-hydrogen) atoms. The van der Waals surface area contributed by atoms with Crippen LogP contribution in [0.1, 0.15) is 40.5 Å². The van der Waals surface area contributed by atoms with Gasteiger partial charge in [0.1, 0.15) is 11.5 Å². The van der Waals surface area contributed by atoms with Crippen LogP contribution in [-0.4, -0.2) is 58.7 Å². The van der Waals surface area contributed by atoms with Crippen LogP contribution in [0.4, 0.5) is 16.2 Å². The zero-order valence-electron chi connectivity index (χ0n) is 20.6. The lowest BCUT2D eigenvalue weighted by Crippen LogP contribution is -2.38. The lowest BCUT2D eigenvalue weighted by molar-refractivity contribution is -0.131. The maximum atomic E-state index is 12.9. The number of hydrogen-bond donors (Lipinski definition) is 3. The Balaban J connectivity index is 1.91. The van der Waals surface area contributed by atoms with Gasteiger partial charge in [-0.15, -0.1) is 18.2 Å². The van der Waals surface area contributed by atoms with E-state index in [2.05, 4.69) is 21.9 Å². The second kappa shape index (κ2) is 12.9. The quantitative estimate of drug-likeness (QED) is 0.422. The zero-order valence-corrected chi connectivity index (χ0v) is 21.4. The molecule has 3 atom stereocenters. The molecular weight excluding hydrogens is 466 g/mol. The maximum absolute atomic E-state index is 12.9. The summed E-state index contributed by atoms with van der Waals surface area (Å²) in [5.41, 5.74) is 0.806. The van der Waals surface area contributed by atoms with Gasteiger partial charge in [0.15, 0.2) is 0 Å². The summed E-state index contributed by atoms with van der Waals surface area (Å²) in [7, 11) is 0. The molecule has 0 radical (unpaired) electrons. The molecule has 1 aromatic rings. The number of nitrogens with zero attached hydrogens (tertiary/aromatic N) is 2. The first-order valence-electron chi connectivity index (χ1n) is 11.5. The number of nitriles is 1. The Morgan fingerprint density at radius 2 is 2.03 bits per heavy atom. The Bertz CT molecular complexity index is 995. The highest BCUT2D eigenvalue weighted by Crippen LogP contribution is 2.37. The van der Waals surface area contributed by atoms with Gasteiger partial charge in [0.05, 0.1) is 23.2 Å². The summed E-state index contributed by atoms with van der Waals surface area (Å²) in [6, 6.07) is 9.27. The van der Waals surface area contributed by atoms with Crippen LogP contribution in [0.2, 0.25) is 0 Å². The van der Waals surface area contributed by atoms with Gasteiger partial charge in [0.25, 0.3) is 0 Å². The summed E-state index contributed by atoms with van der Waals surface area (Å²) in [4.78, 5) is 38.8. The van der Waals surface area contributed by atoms with E-state index in [9.17, 15) is 19.6 Å². The van der Waals surface area contributed by atoms with Crippen LogP contribution in [0.3, 0.4) is 0 Å². The molecular formula is C25H33N5O4S. The molecule has 1 aliphatic heterocycles. The Hall–Kier alpha value is -3.37. The van der Waals surface area contributed by atoms with Gasteiger partial charge in [0.2, 0.25) is 11.8 Å². The van der Waals surface area contributed by atoms with Crippen LogP contribution in [0, 0.1) is 29.6 Å². The Labute approximate surface area is 211 Å². The van der Waals surface area contributed by atoms with Crippen LogP contribution < -0.4 is 16.0 Å². The molecule has 3 unspecified atom stereocenters. The monoisotopic (exact) mass is 499 g/mol. The third kappa shape index (κ3) is 8.73. The largest absolute Gasteiger partial charge is 0.444 e. The molecule has 3 N–H and O–H groups in total. The van der Waals surface area contributed by atoms with E-state index in [1.165, 1.54) is 11.8 Å². The number of amides is 3. The van der Waals surface area contributed by atoms with Crippen molar-refractivity contribution >= 4 is 41.0 Å². The highest BCUT2D eigenvalue weighted by Gasteiger charge is 2.40. The number of terminal acetylenes is 1. The fourth-order valence-electron chi connectivity index (χ4n) is 3.54. The number of thioether (sulfide) groups is 1. The SMILES string of the molecule is C#CCNC(=O)C(C#N)CC1SC(CCNc2cccc(NC(=O)OC(C)(C)C)c2)C(=O)N1CC. The topological polar surface area (TPSA) is 124 Å². The molecule has 10 heteroatoms. The Morgan fingerprint density at radius 3 is 2.66 bits per heavy atom. The first kappa shape index (κ1) is 27.9. The number of hydrogen-bond acceptors (Lipinski definition) is 7. The summed E-state index contributed by atoms with van der Waals surface area (Å²) in [5, 5.41) is 17.4. The minimum atomic E-state index is -0.875. The second-order valence-corrected chi connectivity index (χ2v) is 10.4. The standard InChI is InChI=1S/C25H33N5O4S/c1-6-12-28-22(31)17(16-26)14-21-30(7-2)23(32)20(35-21)11-13-27-18-9-8-10-19(15-18)29-24(33)34-25(3,4)5/h1,8-10,15,17,20-21,27H,7,11-14H2,2-5H3,(H,28,31)(H,29,33). The van der Waals surface area contributed by atoms with E-state index in [0.717, 1.165) is 5.69 Å². The van der Waals surface area contributed by atoms with E-state index in [1.54, 1.807) is 37.8 Å². The summed E-state index contributed by atoms with van der Waals surface area (Å²) in [6.45, 7) is 8.38. The van der Waals surface area contributed by atoms with Crippen LogP contribution in [-0.2, 0) is 14.3 Å². The average Bonchev–Trinajstić information content (AvgIpc) is 3.08. The van der Waals surface area contributed by atoms with E-state index in [4.69, 9.17) is 11.2 Å². The summed E-state index contributed by atoms with van der Waals surface area (Å²) in [6.07, 6.45) is 5.46. The predicted octanol–water partition coefficient (Wildman–Crippen LogP) is 3.40. The van der Waals surface area contributed by atoms with E-state index in [-0.39, 0.29) is 29.5 Å². The van der Waals surface area contributed by atoms with Crippen LogP contribution in [0.5, 0.6) is 0 Å². The molecule has 0 aliphatic carbocycles. The predicted molar refractivity (Wildman–Crippen MR) is 138 cm³/mol. The smallest absolute Gasteiger partial charge is 0.412 e. The van der Waals surface area contributed by atoms with Crippen molar-refractivity contribution in [1.82, 2.24) is 10.2 Å². The van der Waals surface area contributed by atoms with E-state index >= 15 is 0 Å². The van der Waals surface area contributed by atoms with E-state index in [1.807, 2.05) is 25.1 Å². The number of carbonyl (C=O) groups is 3. The fourth-order valence-corrected chi connectivity index (χ4v) is 5.13. The van der Waals surface area contributed by atoms with Gasteiger partial charge in [-0.3, -0.25) is 14.9 Å². The lowest BCUT2D eigenvalue weighted by Gasteiger charge is -2.23. The molecule has 188 valence electrons. The van der Waals surface area contributed by atoms with Crippen molar-refractivity contribution < 1.29 is 19.1 Å². The molecule has 0 spiro atoms. The van der Waals surface area contributed by atoms with Crippen molar-refractivity contribution in [2.75, 3.05) is 30.3 Å². The molecule has 1 saturated heterocycles.